The van der Waals surface area contributed by atoms with Gasteiger partial charge in [-0.2, -0.15) is 4.98 Å². The van der Waals surface area contributed by atoms with Gasteiger partial charge in [0.2, 0.25) is 5.88 Å². The van der Waals surface area contributed by atoms with Crippen molar-refractivity contribution in [2.24, 2.45) is 5.92 Å². The number of fused-ring (bicyclic) bond motifs is 1. The van der Waals surface area contributed by atoms with E-state index in [-0.39, 0.29) is 11.8 Å². The molecular formula is C14H17N3O3S. The number of methoxy groups -OCH3 is 1. The van der Waals surface area contributed by atoms with Crippen LogP contribution in [0.3, 0.4) is 0 Å². The maximum absolute atomic E-state index is 10.8. The molecule has 0 aromatic carbocycles. The number of hydrogen-bond acceptors (Lipinski definition) is 5. The monoisotopic (exact) mass is 307 g/mol. The molecule has 1 unspecified atom stereocenters. The Kier molecular flexibility index (Phi) is 3.75. The average Bonchev–Trinajstić information content (AvgIpc) is 3.25. The molecule has 2 aromatic heterocycles. The lowest BCUT2D eigenvalue weighted by Gasteiger charge is -2.15. The van der Waals surface area contributed by atoms with E-state index in [4.69, 9.17) is 9.84 Å². The first kappa shape index (κ1) is 14.2. The summed E-state index contributed by atoms with van der Waals surface area (Å²) >= 11 is 1.24. The highest BCUT2D eigenvalue weighted by atomic mass is 32.2. The predicted molar refractivity (Wildman–Crippen MR) is 79.9 cm³/mol. The highest BCUT2D eigenvalue weighted by Crippen LogP contribution is 2.42. The average molecular weight is 307 g/mol. The van der Waals surface area contributed by atoms with Crippen molar-refractivity contribution < 1.29 is 14.6 Å². The van der Waals surface area contributed by atoms with Crippen LogP contribution in [0, 0.1) is 5.92 Å². The van der Waals surface area contributed by atoms with Crippen molar-refractivity contribution in [3.63, 3.8) is 0 Å². The molecule has 1 N–H and O–H groups in total. The molecule has 21 heavy (non-hydrogen) atoms. The van der Waals surface area contributed by atoms with E-state index in [1.807, 2.05) is 6.07 Å². The molecule has 112 valence electrons. The topological polar surface area (TPSA) is 77.2 Å². The van der Waals surface area contributed by atoms with Crippen molar-refractivity contribution in [1.29, 1.82) is 0 Å². The fourth-order valence-corrected chi connectivity index (χ4v) is 3.24. The lowest BCUT2D eigenvalue weighted by molar-refractivity contribution is -0.133. The number of imidazole rings is 1. The predicted octanol–water partition coefficient (Wildman–Crippen LogP) is 2.59. The first-order valence-electron chi connectivity index (χ1n) is 6.87. The SMILES string of the molecule is COc1ccc2nc(SCC(=O)O)n(C(C)C3CC3)c2n1. The lowest BCUT2D eigenvalue weighted by atomic mass is 10.2. The molecule has 0 radical (unpaired) electrons. The second kappa shape index (κ2) is 5.55. The number of thioether (sulfide) groups is 1. The highest BCUT2D eigenvalue weighted by molar-refractivity contribution is 7.99. The molecule has 1 atom stereocenters. The van der Waals surface area contributed by atoms with Crippen LogP contribution in [-0.4, -0.2) is 38.5 Å². The van der Waals surface area contributed by atoms with Gasteiger partial charge in [-0.25, -0.2) is 4.98 Å². The number of rotatable bonds is 6. The van der Waals surface area contributed by atoms with Gasteiger partial charge in [-0.05, 0) is 31.7 Å². The van der Waals surface area contributed by atoms with Gasteiger partial charge < -0.3 is 14.4 Å². The Balaban J connectivity index is 2.06. The molecule has 0 spiro atoms. The van der Waals surface area contributed by atoms with Crippen LogP contribution in [-0.2, 0) is 4.79 Å². The van der Waals surface area contributed by atoms with Gasteiger partial charge in [0.25, 0.3) is 0 Å². The number of carboxylic acids is 1. The summed E-state index contributed by atoms with van der Waals surface area (Å²) in [6.07, 6.45) is 2.40. The van der Waals surface area contributed by atoms with Gasteiger partial charge in [0.15, 0.2) is 10.8 Å². The van der Waals surface area contributed by atoms with E-state index in [1.165, 1.54) is 24.6 Å². The summed E-state index contributed by atoms with van der Waals surface area (Å²) in [7, 11) is 1.58. The summed E-state index contributed by atoms with van der Waals surface area (Å²) < 4.78 is 7.25. The van der Waals surface area contributed by atoms with E-state index in [1.54, 1.807) is 13.2 Å². The van der Waals surface area contributed by atoms with Gasteiger partial charge in [0.05, 0.1) is 12.9 Å². The Morgan fingerprint density at radius 2 is 2.29 bits per heavy atom. The van der Waals surface area contributed by atoms with E-state index in [0.29, 0.717) is 17.0 Å². The molecule has 2 aromatic rings. The van der Waals surface area contributed by atoms with E-state index < -0.39 is 5.97 Å². The minimum Gasteiger partial charge on any atom is -0.481 e. The van der Waals surface area contributed by atoms with Crippen molar-refractivity contribution in [2.45, 2.75) is 31.0 Å². The summed E-state index contributed by atoms with van der Waals surface area (Å²) in [5, 5.41) is 9.60. The Bertz CT molecular complexity index is 681. The second-order valence-corrected chi connectivity index (χ2v) is 6.16. The van der Waals surface area contributed by atoms with Crippen LogP contribution < -0.4 is 4.74 Å². The molecule has 0 saturated heterocycles. The standard InChI is InChI=1S/C14H17N3O3S/c1-8(9-3-4-9)17-13-10(5-6-11(16-13)20-2)15-14(17)21-7-12(18)19/h5-6,8-9H,3-4,7H2,1-2H3,(H,18,19). The Morgan fingerprint density at radius 1 is 1.52 bits per heavy atom. The maximum atomic E-state index is 10.8. The molecule has 0 aliphatic heterocycles. The third-order valence-corrected chi connectivity index (χ3v) is 4.66. The van der Waals surface area contributed by atoms with Crippen LogP contribution in [0.25, 0.3) is 11.2 Å². The van der Waals surface area contributed by atoms with Crippen molar-refractivity contribution in [2.75, 3.05) is 12.9 Å². The smallest absolute Gasteiger partial charge is 0.313 e. The summed E-state index contributed by atoms with van der Waals surface area (Å²) in [4.78, 5) is 19.8. The third kappa shape index (κ3) is 2.83. The number of ether oxygens (including phenoxy) is 1. The summed E-state index contributed by atoms with van der Waals surface area (Å²) in [6.45, 7) is 2.14. The normalized spacial score (nSPS) is 16.1. The Hall–Kier alpha value is -1.76. The van der Waals surface area contributed by atoms with Gasteiger partial charge >= 0.3 is 5.97 Å². The van der Waals surface area contributed by atoms with Crippen molar-refractivity contribution >= 4 is 28.9 Å². The van der Waals surface area contributed by atoms with Crippen LogP contribution in [0.2, 0.25) is 0 Å². The van der Waals surface area contributed by atoms with Crippen LogP contribution in [0.4, 0.5) is 0 Å². The summed E-state index contributed by atoms with van der Waals surface area (Å²) in [6, 6.07) is 3.90. The molecule has 3 rings (SSSR count). The molecule has 7 heteroatoms. The second-order valence-electron chi connectivity index (χ2n) is 5.22. The molecule has 0 bridgehead atoms. The van der Waals surface area contributed by atoms with Gasteiger partial charge in [-0.1, -0.05) is 11.8 Å². The van der Waals surface area contributed by atoms with E-state index in [9.17, 15) is 4.79 Å². The maximum Gasteiger partial charge on any atom is 0.313 e. The van der Waals surface area contributed by atoms with Gasteiger partial charge in [0, 0.05) is 12.1 Å². The summed E-state index contributed by atoms with van der Waals surface area (Å²) in [5.41, 5.74) is 1.54. The molecule has 1 aliphatic carbocycles. The number of carbonyl (C=O) groups is 1. The minimum atomic E-state index is -0.844. The molecule has 1 aliphatic rings. The number of nitrogens with zero attached hydrogens (tertiary/aromatic N) is 3. The third-order valence-electron chi connectivity index (χ3n) is 3.72. The number of aromatic nitrogens is 3. The van der Waals surface area contributed by atoms with Gasteiger partial charge in [-0.3, -0.25) is 4.79 Å². The highest BCUT2D eigenvalue weighted by Gasteiger charge is 2.32. The fourth-order valence-electron chi connectivity index (χ4n) is 2.43. The lowest BCUT2D eigenvalue weighted by Crippen LogP contribution is -2.10. The number of pyridine rings is 1. The van der Waals surface area contributed by atoms with Gasteiger partial charge in [-0.15, -0.1) is 0 Å². The Morgan fingerprint density at radius 3 is 2.90 bits per heavy atom. The molecule has 6 nitrogen and oxygen atoms in total. The molecule has 1 saturated carbocycles. The largest absolute Gasteiger partial charge is 0.481 e. The van der Waals surface area contributed by atoms with Crippen molar-refractivity contribution in [3.05, 3.63) is 12.1 Å². The van der Waals surface area contributed by atoms with Gasteiger partial charge in [0.1, 0.15) is 5.52 Å². The van der Waals surface area contributed by atoms with Crippen molar-refractivity contribution in [3.8, 4) is 5.88 Å². The van der Waals surface area contributed by atoms with Crippen LogP contribution in [0.15, 0.2) is 17.3 Å². The first-order valence-corrected chi connectivity index (χ1v) is 7.86. The summed E-state index contributed by atoms with van der Waals surface area (Å²) in [5.74, 6) is 0.321. The van der Waals surface area contributed by atoms with E-state index in [2.05, 4.69) is 21.5 Å². The zero-order chi connectivity index (χ0) is 15.0. The van der Waals surface area contributed by atoms with E-state index in [0.717, 1.165) is 11.2 Å². The quantitative estimate of drug-likeness (QED) is 0.827. The molecule has 2 heterocycles. The zero-order valence-electron chi connectivity index (χ0n) is 11.9. The number of aliphatic carboxylic acids is 1. The van der Waals surface area contributed by atoms with Crippen LogP contribution in [0.1, 0.15) is 25.8 Å². The minimum absolute atomic E-state index is 0.00214. The number of carboxylic acid groups (broad SMARTS) is 1. The first-order chi connectivity index (χ1) is 10.1. The molecular weight excluding hydrogens is 290 g/mol. The fraction of sp³-hybridized carbons (Fsp3) is 0.500. The molecule has 0 amide bonds. The Labute approximate surface area is 126 Å². The zero-order valence-corrected chi connectivity index (χ0v) is 12.8. The van der Waals surface area contributed by atoms with Crippen molar-refractivity contribution in [1.82, 2.24) is 14.5 Å². The van der Waals surface area contributed by atoms with Crippen LogP contribution >= 0.6 is 11.8 Å². The van der Waals surface area contributed by atoms with E-state index >= 15 is 0 Å². The number of hydrogen-bond donors (Lipinski definition) is 1. The molecule has 1 fully saturated rings. The van der Waals surface area contributed by atoms with Crippen LogP contribution in [0.5, 0.6) is 5.88 Å².